The van der Waals surface area contributed by atoms with E-state index in [9.17, 15) is 5.11 Å². The minimum Gasteiger partial charge on any atom is -0.389 e. The SMILES string of the molecule is CCc1nc(Br)cc(N(CC)CC(C)(C)O)n1. The van der Waals surface area contributed by atoms with Crippen LogP contribution in [0.5, 0.6) is 0 Å². The molecule has 0 bridgehead atoms. The third-order valence-corrected chi connectivity index (χ3v) is 2.73. The van der Waals surface area contributed by atoms with E-state index in [-0.39, 0.29) is 0 Å². The lowest BCUT2D eigenvalue weighted by Crippen LogP contribution is -2.39. The molecule has 1 rings (SSSR count). The second-order valence-electron chi connectivity index (χ2n) is 4.65. The molecule has 1 N–H and O–H groups in total. The Balaban J connectivity index is 2.99. The first kappa shape index (κ1) is 14.4. The highest BCUT2D eigenvalue weighted by Gasteiger charge is 2.19. The Kier molecular flexibility index (Phi) is 4.89. The summed E-state index contributed by atoms with van der Waals surface area (Å²) in [6, 6.07) is 1.88. The van der Waals surface area contributed by atoms with Crippen molar-refractivity contribution in [3.05, 3.63) is 16.5 Å². The molecule has 1 heterocycles. The van der Waals surface area contributed by atoms with Crippen LogP contribution in [0.4, 0.5) is 5.82 Å². The molecule has 0 saturated heterocycles. The molecule has 96 valence electrons. The lowest BCUT2D eigenvalue weighted by Gasteiger charge is -2.29. The molecule has 4 nitrogen and oxygen atoms in total. The van der Waals surface area contributed by atoms with Crippen LogP contribution in [0.25, 0.3) is 0 Å². The lowest BCUT2D eigenvalue weighted by molar-refractivity contribution is 0.0874. The van der Waals surface area contributed by atoms with Crippen LogP contribution in [0.15, 0.2) is 10.7 Å². The largest absolute Gasteiger partial charge is 0.389 e. The third-order valence-electron chi connectivity index (χ3n) is 2.33. The number of anilines is 1. The predicted octanol–water partition coefficient (Wildman–Crippen LogP) is 2.40. The first-order valence-electron chi connectivity index (χ1n) is 5.86. The minimum atomic E-state index is -0.736. The van der Waals surface area contributed by atoms with Gasteiger partial charge in [0.2, 0.25) is 0 Å². The van der Waals surface area contributed by atoms with Crippen LogP contribution in [0, 0.1) is 0 Å². The van der Waals surface area contributed by atoms with Gasteiger partial charge in [0.1, 0.15) is 16.2 Å². The molecule has 0 aliphatic rings. The summed E-state index contributed by atoms with van der Waals surface area (Å²) in [5, 5.41) is 9.88. The molecule has 0 saturated carbocycles. The van der Waals surface area contributed by atoms with Gasteiger partial charge in [-0.3, -0.25) is 0 Å². The van der Waals surface area contributed by atoms with Crippen molar-refractivity contribution in [1.29, 1.82) is 0 Å². The summed E-state index contributed by atoms with van der Waals surface area (Å²) in [4.78, 5) is 10.8. The summed E-state index contributed by atoms with van der Waals surface area (Å²) in [6.07, 6.45) is 0.798. The van der Waals surface area contributed by atoms with Crippen LogP contribution in [-0.4, -0.2) is 33.8 Å². The van der Waals surface area contributed by atoms with Gasteiger partial charge in [0, 0.05) is 25.6 Å². The quantitative estimate of drug-likeness (QED) is 0.849. The molecule has 0 fully saturated rings. The minimum absolute atomic E-state index is 0.552. The van der Waals surface area contributed by atoms with E-state index in [1.807, 2.05) is 24.8 Å². The molecule has 0 spiro atoms. The van der Waals surface area contributed by atoms with Crippen molar-refractivity contribution in [2.45, 2.75) is 39.7 Å². The van der Waals surface area contributed by atoms with Crippen molar-refractivity contribution in [1.82, 2.24) is 9.97 Å². The number of aromatic nitrogens is 2. The van der Waals surface area contributed by atoms with Crippen LogP contribution >= 0.6 is 15.9 Å². The van der Waals surface area contributed by atoms with E-state index in [1.165, 1.54) is 0 Å². The van der Waals surface area contributed by atoms with Gasteiger partial charge in [-0.2, -0.15) is 0 Å². The van der Waals surface area contributed by atoms with Crippen molar-refractivity contribution < 1.29 is 5.11 Å². The van der Waals surface area contributed by atoms with Gasteiger partial charge in [0.05, 0.1) is 5.60 Å². The summed E-state index contributed by atoms with van der Waals surface area (Å²) in [7, 11) is 0. The maximum Gasteiger partial charge on any atom is 0.133 e. The lowest BCUT2D eigenvalue weighted by atomic mass is 10.1. The third kappa shape index (κ3) is 4.60. The molecule has 1 aromatic rings. The second kappa shape index (κ2) is 5.78. The fourth-order valence-corrected chi connectivity index (χ4v) is 2.00. The normalized spacial score (nSPS) is 11.6. The molecule has 0 radical (unpaired) electrons. The molecule has 0 aromatic carbocycles. The summed E-state index contributed by atoms with van der Waals surface area (Å²) in [6.45, 7) is 9.02. The number of nitrogens with zero attached hydrogens (tertiary/aromatic N) is 3. The van der Waals surface area contributed by atoms with Gasteiger partial charge < -0.3 is 10.0 Å². The molecule has 0 amide bonds. The molecule has 0 atom stereocenters. The van der Waals surface area contributed by atoms with Crippen molar-refractivity contribution >= 4 is 21.7 Å². The fourth-order valence-electron chi connectivity index (χ4n) is 1.59. The average molecular weight is 302 g/mol. The van der Waals surface area contributed by atoms with Gasteiger partial charge >= 0.3 is 0 Å². The number of aryl methyl sites for hydroxylation is 1. The number of halogens is 1. The molecular formula is C12H20BrN3O. The van der Waals surface area contributed by atoms with Crippen molar-refractivity contribution in [2.75, 3.05) is 18.0 Å². The second-order valence-corrected chi connectivity index (χ2v) is 5.46. The van der Waals surface area contributed by atoms with E-state index in [4.69, 9.17) is 0 Å². The predicted molar refractivity (Wildman–Crippen MR) is 73.3 cm³/mol. The van der Waals surface area contributed by atoms with Crippen LogP contribution in [0.2, 0.25) is 0 Å². The van der Waals surface area contributed by atoms with E-state index < -0.39 is 5.60 Å². The highest BCUT2D eigenvalue weighted by molar-refractivity contribution is 9.10. The zero-order valence-corrected chi connectivity index (χ0v) is 12.5. The van der Waals surface area contributed by atoms with Crippen molar-refractivity contribution in [3.8, 4) is 0 Å². The molecule has 0 aliphatic heterocycles. The maximum atomic E-state index is 9.88. The molecule has 0 unspecified atom stereocenters. The topological polar surface area (TPSA) is 49.2 Å². The van der Waals surface area contributed by atoms with Gasteiger partial charge in [-0.15, -0.1) is 0 Å². The molecule has 0 aliphatic carbocycles. The first-order valence-corrected chi connectivity index (χ1v) is 6.65. The Labute approximate surface area is 111 Å². The molecular weight excluding hydrogens is 282 g/mol. The number of hydrogen-bond donors (Lipinski definition) is 1. The van der Waals surface area contributed by atoms with E-state index >= 15 is 0 Å². The average Bonchev–Trinajstić information content (AvgIpc) is 2.23. The monoisotopic (exact) mass is 301 g/mol. The summed E-state index contributed by atoms with van der Waals surface area (Å²) in [5.74, 6) is 1.66. The van der Waals surface area contributed by atoms with E-state index in [1.54, 1.807) is 13.8 Å². The van der Waals surface area contributed by atoms with Crippen LogP contribution < -0.4 is 4.90 Å². The highest BCUT2D eigenvalue weighted by atomic mass is 79.9. The Morgan fingerprint density at radius 2 is 2.00 bits per heavy atom. The first-order chi connectivity index (χ1) is 7.85. The zero-order valence-electron chi connectivity index (χ0n) is 10.9. The van der Waals surface area contributed by atoms with Gasteiger partial charge in [0.25, 0.3) is 0 Å². The number of rotatable bonds is 5. The number of likely N-dealkylation sites (N-methyl/N-ethyl adjacent to an activating group) is 1. The van der Waals surface area contributed by atoms with E-state index in [2.05, 4.69) is 25.9 Å². The van der Waals surface area contributed by atoms with E-state index in [0.29, 0.717) is 6.54 Å². The van der Waals surface area contributed by atoms with Crippen LogP contribution in [0.3, 0.4) is 0 Å². The highest BCUT2D eigenvalue weighted by Crippen LogP contribution is 2.19. The van der Waals surface area contributed by atoms with Gasteiger partial charge in [-0.25, -0.2) is 9.97 Å². The fraction of sp³-hybridized carbons (Fsp3) is 0.667. The van der Waals surface area contributed by atoms with Gasteiger partial charge in [-0.1, -0.05) is 6.92 Å². The van der Waals surface area contributed by atoms with Crippen LogP contribution in [-0.2, 0) is 6.42 Å². The Morgan fingerprint density at radius 1 is 1.35 bits per heavy atom. The summed E-state index contributed by atoms with van der Waals surface area (Å²) < 4.78 is 0.786. The van der Waals surface area contributed by atoms with Gasteiger partial charge in [0.15, 0.2) is 0 Å². The molecule has 1 aromatic heterocycles. The number of aliphatic hydroxyl groups is 1. The molecule has 17 heavy (non-hydrogen) atoms. The Hall–Kier alpha value is -0.680. The van der Waals surface area contributed by atoms with Crippen molar-refractivity contribution in [3.63, 3.8) is 0 Å². The maximum absolute atomic E-state index is 9.88. The summed E-state index contributed by atoms with van der Waals surface area (Å²) >= 11 is 3.39. The smallest absolute Gasteiger partial charge is 0.133 e. The zero-order chi connectivity index (χ0) is 13.1. The summed E-state index contributed by atoms with van der Waals surface area (Å²) in [5.41, 5.74) is -0.736. The Morgan fingerprint density at radius 3 is 2.47 bits per heavy atom. The van der Waals surface area contributed by atoms with Gasteiger partial charge in [-0.05, 0) is 36.7 Å². The van der Waals surface area contributed by atoms with E-state index in [0.717, 1.165) is 29.2 Å². The number of hydrogen-bond acceptors (Lipinski definition) is 4. The molecule has 5 heteroatoms. The Bertz CT molecular complexity index is 377. The standard InChI is InChI=1S/C12H20BrN3O/c1-5-10-14-9(13)7-11(15-10)16(6-2)8-12(3,4)17/h7,17H,5-6,8H2,1-4H3. The van der Waals surface area contributed by atoms with Crippen molar-refractivity contribution in [2.24, 2.45) is 0 Å². The van der Waals surface area contributed by atoms with Crippen LogP contribution in [0.1, 0.15) is 33.5 Å².